The number of anilines is 2. The highest BCUT2D eigenvalue weighted by Gasteiger charge is 2.31. The molecule has 1 aliphatic rings. The van der Waals surface area contributed by atoms with Crippen LogP contribution in [-0.2, 0) is 4.79 Å². The van der Waals surface area contributed by atoms with E-state index in [1.165, 1.54) is 7.11 Å². The highest BCUT2D eigenvalue weighted by Crippen LogP contribution is 2.28. The first kappa shape index (κ1) is 10.3. The molecule has 6 heteroatoms. The molecule has 0 atom stereocenters. The lowest BCUT2D eigenvalue weighted by atomic mass is 10.2. The van der Waals surface area contributed by atoms with Gasteiger partial charge < -0.3 is 15.8 Å². The highest BCUT2D eigenvalue weighted by molar-refractivity contribution is 6.21. The van der Waals surface area contributed by atoms with Gasteiger partial charge in [0.05, 0.1) is 25.0 Å². The minimum Gasteiger partial charge on any atom is -0.497 e. The number of nitrogens with two attached hydrogens (primary N) is 1. The number of benzene rings is 1. The van der Waals surface area contributed by atoms with Crippen molar-refractivity contribution in [1.82, 2.24) is 5.32 Å². The number of urea groups is 1. The smallest absolute Gasteiger partial charge is 0.329 e. The van der Waals surface area contributed by atoms with Crippen LogP contribution in [0.2, 0.25) is 0 Å². The summed E-state index contributed by atoms with van der Waals surface area (Å²) in [5, 5.41) is 2.42. The average molecular weight is 221 g/mol. The molecule has 1 aromatic rings. The first-order valence-electron chi connectivity index (χ1n) is 4.68. The number of nitrogens with zero attached hydrogens (tertiary/aromatic N) is 1. The molecule has 1 aliphatic heterocycles. The molecule has 1 heterocycles. The molecule has 84 valence electrons. The minimum absolute atomic E-state index is 0.00427. The van der Waals surface area contributed by atoms with Gasteiger partial charge in [0.15, 0.2) is 0 Å². The number of amides is 3. The fourth-order valence-corrected chi connectivity index (χ4v) is 1.53. The second-order valence-electron chi connectivity index (χ2n) is 3.31. The maximum Gasteiger partial charge on any atom is 0.329 e. The number of nitrogens with one attached hydrogen (secondary N) is 1. The highest BCUT2D eigenvalue weighted by atomic mass is 16.5. The Hall–Kier alpha value is -2.24. The molecule has 0 spiro atoms. The number of hydrogen-bond acceptors (Lipinski definition) is 4. The molecule has 0 unspecified atom stereocenters. The first-order chi connectivity index (χ1) is 7.63. The Morgan fingerprint density at radius 2 is 2.19 bits per heavy atom. The van der Waals surface area contributed by atoms with Crippen LogP contribution in [0.15, 0.2) is 18.2 Å². The summed E-state index contributed by atoms with van der Waals surface area (Å²) in [5.74, 6) is 0.259. The van der Waals surface area contributed by atoms with Gasteiger partial charge in [-0.05, 0) is 12.1 Å². The monoisotopic (exact) mass is 221 g/mol. The quantitative estimate of drug-likeness (QED) is 0.557. The van der Waals surface area contributed by atoms with Crippen LogP contribution in [0.25, 0.3) is 0 Å². The molecule has 0 aromatic heterocycles. The van der Waals surface area contributed by atoms with Crippen molar-refractivity contribution in [3.8, 4) is 5.75 Å². The molecule has 2 rings (SSSR count). The molecule has 0 bridgehead atoms. The summed E-state index contributed by atoms with van der Waals surface area (Å²) >= 11 is 0. The second kappa shape index (κ2) is 3.73. The zero-order valence-electron chi connectivity index (χ0n) is 8.69. The Labute approximate surface area is 92.0 Å². The molecule has 16 heavy (non-hydrogen) atoms. The lowest BCUT2D eigenvalue weighted by Crippen LogP contribution is -2.31. The topological polar surface area (TPSA) is 84.7 Å². The van der Waals surface area contributed by atoms with Gasteiger partial charge in [-0.1, -0.05) is 0 Å². The van der Waals surface area contributed by atoms with Crippen LogP contribution in [-0.4, -0.2) is 25.6 Å². The summed E-state index contributed by atoms with van der Waals surface area (Å²) in [6.07, 6.45) is 0. The number of methoxy groups -OCH3 is 1. The molecule has 1 saturated heterocycles. The molecule has 0 saturated carbocycles. The van der Waals surface area contributed by atoms with Gasteiger partial charge in [0.1, 0.15) is 5.75 Å². The maximum absolute atomic E-state index is 11.4. The Morgan fingerprint density at radius 3 is 2.69 bits per heavy atom. The molecule has 6 nitrogen and oxygen atoms in total. The molecular weight excluding hydrogens is 210 g/mol. The van der Waals surface area contributed by atoms with Crippen molar-refractivity contribution in [2.24, 2.45) is 0 Å². The minimum atomic E-state index is -0.457. The largest absolute Gasteiger partial charge is 0.497 e. The zero-order chi connectivity index (χ0) is 11.7. The predicted octanol–water partition coefficient (Wildman–Crippen LogP) is 0.334. The summed E-state index contributed by atoms with van der Waals surface area (Å²) in [7, 11) is 1.52. The molecular formula is C10H11N3O3. The van der Waals surface area contributed by atoms with Crippen LogP contribution in [0.1, 0.15) is 0 Å². The fraction of sp³-hybridized carbons (Fsp3) is 0.200. The van der Waals surface area contributed by atoms with Crippen molar-refractivity contribution < 1.29 is 14.3 Å². The summed E-state index contributed by atoms with van der Waals surface area (Å²) in [4.78, 5) is 23.9. The van der Waals surface area contributed by atoms with Crippen molar-refractivity contribution in [3.63, 3.8) is 0 Å². The molecule has 0 aliphatic carbocycles. The number of hydrogen-bond donors (Lipinski definition) is 2. The van der Waals surface area contributed by atoms with Gasteiger partial charge in [-0.2, -0.15) is 0 Å². The lowest BCUT2D eigenvalue weighted by Gasteiger charge is -2.15. The molecule has 3 N–H and O–H groups in total. The Morgan fingerprint density at radius 1 is 1.44 bits per heavy atom. The van der Waals surface area contributed by atoms with Crippen molar-refractivity contribution in [2.45, 2.75) is 0 Å². The number of nitrogen functional groups attached to an aromatic ring is 1. The van der Waals surface area contributed by atoms with Crippen molar-refractivity contribution in [1.29, 1.82) is 0 Å². The molecule has 1 aromatic carbocycles. The van der Waals surface area contributed by atoms with Crippen LogP contribution >= 0.6 is 0 Å². The van der Waals surface area contributed by atoms with Gasteiger partial charge >= 0.3 is 6.03 Å². The van der Waals surface area contributed by atoms with Gasteiger partial charge in [0.25, 0.3) is 5.91 Å². The zero-order valence-corrected chi connectivity index (χ0v) is 8.69. The van der Waals surface area contributed by atoms with Gasteiger partial charge in [0, 0.05) is 6.07 Å². The molecule has 0 radical (unpaired) electrons. The predicted molar refractivity (Wildman–Crippen MR) is 58.3 cm³/mol. The van der Waals surface area contributed by atoms with E-state index in [9.17, 15) is 9.59 Å². The van der Waals surface area contributed by atoms with Crippen LogP contribution in [0, 0.1) is 0 Å². The number of ether oxygens (including phenoxy) is 1. The average Bonchev–Trinajstić information content (AvgIpc) is 2.59. The van der Waals surface area contributed by atoms with Crippen LogP contribution in [0.5, 0.6) is 5.75 Å². The fourth-order valence-electron chi connectivity index (χ4n) is 1.53. The van der Waals surface area contributed by atoms with E-state index in [4.69, 9.17) is 10.5 Å². The van der Waals surface area contributed by atoms with E-state index in [0.29, 0.717) is 17.1 Å². The number of rotatable bonds is 2. The van der Waals surface area contributed by atoms with E-state index in [1.54, 1.807) is 18.2 Å². The second-order valence-corrected chi connectivity index (χ2v) is 3.31. The summed E-state index contributed by atoms with van der Waals surface area (Å²) in [5.41, 5.74) is 6.45. The SMILES string of the molecule is COc1ccc(N2C(=O)CNC2=O)c(N)c1. The van der Waals surface area contributed by atoms with Gasteiger partial charge in [-0.15, -0.1) is 0 Å². The molecule has 1 fully saturated rings. The van der Waals surface area contributed by atoms with E-state index in [2.05, 4.69) is 5.32 Å². The van der Waals surface area contributed by atoms with Crippen LogP contribution in [0.3, 0.4) is 0 Å². The normalized spacial score (nSPS) is 15.2. The van der Waals surface area contributed by atoms with Crippen LogP contribution in [0.4, 0.5) is 16.2 Å². The van der Waals surface area contributed by atoms with Gasteiger partial charge in [-0.3, -0.25) is 4.79 Å². The standard InChI is InChI=1S/C10H11N3O3/c1-16-6-2-3-8(7(11)4-6)13-9(14)5-12-10(13)15/h2-4H,5,11H2,1H3,(H,12,15). The Balaban J connectivity index is 2.40. The van der Waals surface area contributed by atoms with Crippen molar-refractivity contribution in [2.75, 3.05) is 24.3 Å². The van der Waals surface area contributed by atoms with E-state index < -0.39 is 6.03 Å². The van der Waals surface area contributed by atoms with Gasteiger partial charge in [0.2, 0.25) is 0 Å². The Bertz CT molecular complexity index is 443. The number of carbonyl (C=O) groups is 2. The third kappa shape index (κ3) is 1.54. The van der Waals surface area contributed by atoms with E-state index in [1.807, 2.05) is 0 Å². The summed E-state index contributed by atoms with van der Waals surface area (Å²) < 4.78 is 4.98. The third-order valence-electron chi connectivity index (χ3n) is 2.32. The number of carbonyl (C=O) groups excluding carboxylic acids is 2. The van der Waals surface area contributed by atoms with Crippen molar-refractivity contribution in [3.05, 3.63) is 18.2 Å². The van der Waals surface area contributed by atoms with E-state index in [-0.39, 0.29) is 12.5 Å². The first-order valence-corrected chi connectivity index (χ1v) is 4.68. The Kier molecular flexibility index (Phi) is 2.40. The molecule has 3 amide bonds. The number of imide groups is 1. The van der Waals surface area contributed by atoms with Crippen molar-refractivity contribution >= 4 is 23.3 Å². The maximum atomic E-state index is 11.4. The third-order valence-corrected chi connectivity index (χ3v) is 2.32. The van der Waals surface area contributed by atoms with Gasteiger partial charge in [-0.25, -0.2) is 9.69 Å². The van der Waals surface area contributed by atoms with E-state index in [0.717, 1.165) is 4.90 Å². The van der Waals surface area contributed by atoms with Crippen LogP contribution < -0.4 is 20.7 Å². The van der Waals surface area contributed by atoms with E-state index >= 15 is 0 Å². The summed E-state index contributed by atoms with van der Waals surface area (Å²) in [6.45, 7) is 0.00427. The lowest BCUT2D eigenvalue weighted by molar-refractivity contribution is -0.115. The summed E-state index contributed by atoms with van der Waals surface area (Å²) in [6, 6.07) is 4.33.